The van der Waals surface area contributed by atoms with Crippen LogP contribution in [0.3, 0.4) is 0 Å². The molecule has 0 atom stereocenters. The number of carbonyl (C=O) groups excluding carboxylic acids is 1. The Hall–Kier alpha value is -1.88. The molecule has 5 nitrogen and oxygen atoms in total. The van der Waals surface area contributed by atoms with Crippen molar-refractivity contribution < 1.29 is 14.7 Å². The van der Waals surface area contributed by atoms with Crippen LogP contribution >= 0.6 is 0 Å². The Bertz CT molecular complexity index is 691. The summed E-state index contributed by atoms with van der Waals surface area (Å²) in [5, 5.41) is 9.12. The molecule has 0 radical (unpaired) electrons. The van der Waals surface area contributed by atoms with Crippen LogP contribution in [0.1, 0.15) is 57.1 Å². The number of nitrogens with zero attached hydrogens (tertiary/aromatic N) is 2. The highest BCUT2D eigenvalue weighted by molar-refractivity contribution is 5.96. The lowest BCUT2D eigenvalue weighted by atomic mass is 9.94. The summed E-state index contributed by atoms with van der Waals surface area (Å²) in [7, 11) is 0. The topological polar surface area (TPSA) is 60.9 Å². The average Bonchev–Trinajstić information content (AvgIpc) is 2.72. The number of anilines is 1. The first-order valence-electron chi connectivity index (χ1n) is 10.9. The maximum absolute atomic E-state index is 12.9. The van der Waals surface area contributed by atoms with Gasteiger partial charge in [0, 0.05) is 24.7 Å². The van der Waals surface area contributed by atoms with Gasteiger partial charge in [0.25, 0.3) is 0 Å². The lowest BCUT2D eigenvalue weighted by Gasteiger charge is -2.33. The molecule has 1 aromatic carbocycles. The number of carboxylic acids is 1. The van der Waals surface area contributed by atoms with Crippen molar-refractivity contribution in [2.45, 2.75) is 58.8 Å². The van der Waals surface area contributed by atoms with E-state index in [1.165, 1.54) is 11.1 Å². The van der Waals surface area contributed by atoms with Crippen LogP contribution in [0.15, 0.2) is 18.2 Å². The Morgan fingerprint density at radius 3 is 2.50 bits per heavy atom. The molecule has 154 valence electrons. The van der Waals surface area contributed by atoms with Gasteiger partial charge in [-0.15, -0.1) is 0 Å². The van der Waals surface area contributed by atoms with Crippen molar-refractivity contribution in [3.63, 3.8) is 0 Å². The molecule has 1 aromatic rings. The van der Waals surface area contributed by atoms with Gasteiger partial charge in [-0.3, -0.25) is 9.59 Å². The third-order valence-electron chi connectivity index (χ3n) is 6.52. The Balaban J connectivity index is 1.60. The van der Waals surface area contributed by atoms with Crippen molar-refractivity contribution >= 4 is 17.6 Å². The Kier molecular flexibility index (Phi) is 7.11. The summed E-state index contributed by atoms with van der Waals surface area (Å²) in [5.74, 6) is -0.417. The summed E-state index contributed by atoms with van der Waals surface area (Å²) in [5.41, 5.74) is 3.72. The highest BCUT2D eigenvalue weighted by atomic mass is 16.4. The number of carboxylic acid groups (broad SMARTS) is 1. The number of hydrogen-bond donors (Lipinski definition) is 1. The zero-order valence-electron chi connectivity index (χ0n) is 17.3. The van der Waals surface area contributed by atoms with Crippen LogP contribution in [-0.4, -0.2) is 48.1 Å². The molecule has 1 amide bonds. The summed E-state index contributed by atoms with van der Waals surface area (Å²) in [4.78, 5) is 28.4. The summed E-state index contributed by atoms with van der Waals surface area (Å²) in [6.07, 6.45) is 6.37. The second kappa shape index (κ2) is 9.55. The molecule has 2 heterocycles. The molecule has 28 heavy (non-hydrogen) atoms. The third-order valence-corrected chi connectivity index (χ3v) is 6.52. The largest absolute Gasteiger partial charge is 0.481 e. The van der Waals surface area contributed by atoms with Gasteiger partial charge in [-0.1, -0.05) is 26.0 Å². The lowest BCUT2D eigenvalue weighted by Crippen LogP contribution is -2.39. The highest BCUT2D eigenvalue weighted by Crippen LogP contribution is 2.30. The number of piperidine rings is 1. The summed E-state index contributed by atoms with van der Waals surface area (Å²) in [6.45, 7) is 7.75. The van der Waals surface area contributed by atoms with Crippen molar-refractivity contribution in [3.8, 4) is 0 Å². The van der Waals surface area contributed by atoms with Gasteiger partial charge in [0.2, 0.25) is 5.91 Å². The maximum atomic E-state index is 12.9. The summed E-state index contributed by atoms with van der Waals surface area (Å²) < 4.78 is 0. The van der Waals surface area contributed by atoms with Crippen molar-refractivity contribution in [1.29, 1.82) is 0 Å². The van der Waals surface area contributed by atoms with Crippen LogP contribution in [-0.2, 0) is 22.4 Å². The van der Waals surface area contributed by atoms with E-state index < -0.39 is 5.97 Å². The second-order valence-corrected chi connectivity index (χ2v) is 8.27. The van der Waals surface area contributed by atoms with Gasteiger partial charge in [-0.05, 0) is 75.2 Å². The van der Waals surface area contributed by atoms with Gasteiger partial charge in [-0.25, -0.2) is 0 Å². The number of amides is 1. The molecule has 1 fully saturated rings. The van der Waals surface area contributed by atoms with E-state index in [1.807, 2.05) is 4.90 Å². The normalized spacial score (nSPS) is 18.3. The molecular formula is C23H34N2O3. The predicted molar refractivity (Wildman–Crippen MR) is 112 cm³/mol. The number of carbonyl (C=O) groups is 2. The van der Waals surface area contributed by atoms with E-state index in [0.717, 1.165) is 76.8 Å². The smallest absolute Gasteiger partial charge is 0.306 e. The number of likely N-dealkylation sites (tertiary alicyclic amines) is 1. The minimum absolute atomic E-state index is 0.124. The van der Waals surface area contributed by atoms with Gasteiger partial charge in [0.15, 0.2) is 0 Å². The number of aryl methyl sites for hydroxylation is 1. The SMILES string of the molecule is CCC(CC)C(=O)N1CCCc2cc(CCN3CCC(C(=O)O)CC3)ccc21. The molecule has 0 bridgehead atoms. The first-order chi connectivity index (χ1) is 13.5. The lowest BCUT2D eigenvalue weighted by molar-refractivity contribution is -0.143. The Morgan fingerprint density at radius 1 is 1.14 bits per heavy atom. The number of hydrogen-bond acceptors (Lipinski definition) is 3. The van der Waals surface area contributed by atoms with Crippen molar-refractivity contribution in [2.24, 2.45) is 11.8 Å². The van der Waals surface area contributed by atoms with Crippen LogP contribution in [0, 0.1) is 11.8 Å². The monoisotopic (exact) mass is 386 g/mol. The minimum Gasteiger partial charge on any atom is -0.481 e. The van der Waals surface area contributed by atoms with E-state index in [4.69, 9.17) is 5.11 Å². The fraction of sp³-hybridized carbons (Fsp3) is 0.652. The maximum Gasteiger partial charge on any atom is 0.306 e. The summed E-state index contributed by atoms with van der Waals surface area (Å²) >= 11 is 0. The molecule has 1 N–H and O–H groups in total. The molecule has 0 aromatic heterocycles. The molecule has 0 saturated carbocycles. The molecule has 2 aliphatic heterocycles. The highest BCUT2D eigenvalue weighted by Gasteiger charge is 2.27. The number of aliphatic carboxylic acids is 1. The molecule has 1 saturated heterocycles. The van der Waals surface area contributed by atoms with E-state index in [9.17, 15) is 9.59 Å². The zero-order chi connectivity index (χ0) is 20.1. The van der Waals surface area contributed by atoms with E-state index in [-0.39, 0.29) is 17.7 Å². The quantitative estimate of drug-likeness (QED) is 0.775. The minimum atomic E-state index is -0.651. The van der Waals surface area contributed by atoms with Crippen molar-refractivity contribution in [3.05, 3.63) is 29.3 Å². The molecule has 5 heteroatoms. The number of fused-ring (bicyclic) bond motifs is 1. The molecule has 0 unspecified atom stereocenters. The van der Waals surface area contributed by atoms with Crippen molar-refractivity contribution in [1.82, 2.24) is 4.90 Å². The Morgan fingerprint density at radius 2 is 1.86 bits per heavy atom. The third kappa shape index (κ3) is 4.75. The van der Waals surface area contributed by atoms with Gasteiger partial charge < -0.3 is 14.9 Å². The number of rotatable bonds is 7. The molecule has 0 aliphatic carbocycles. The van der Waals surface area contributed by atoms with Crippen LogP contribution in [0.5, 0.6) is 0 Å². The van der Waals surface area contributed by atoms with Gasteiger partial charge >= 0.3 is 5.97 Å². The van der Waals surface area contributed by atoms with Gasteiger partial charge in [0.05, 0.1) is 5.92 Å². The molecule has 0 spiro atoms. The zero-order valence-corrected chi connectivity index (χ0v) is 17.3. The predicted octanol–water partition coefficient (Wildman–Crippen LogP) is 3.74. The number of benzene rings is 1. The van der Waals surface area contributed by atoms with E-state index >= 15 is 0 Å². The first-order valence-corrected chi connectivity index (χ1v) is 10.9. The van der Waals surface area contributed by atoms with Crippen LogP contribution in [0.4, 0.5) is 5.69 Å². The van der Waals surface area contributed by atoms with E-state index in [1.54, 1.807) is 0 Å². The average molecular weight is 387 g/mol. The molecule has 3 rings (SSSR count). The van der Waals surface area contributed by atoms with Gasteiger partial charge in [-0.2, -0.15) is 0 Å². The van der Waals surface area contributed by atoms with Gasteiger partial charge in [0.1, 0.15) is 0 Å². The first kappa shape index (κ1) is 20.8. The van der Waals surface area contributed by atoms with Crippen LogP contribution < -0.4 is 4.90 Å². The van der Waals surface area contributed by atoms with Crippen LogP contribution in [0.2, 0.25) is 0 Å². The Labute approximate surface area is 168 Å². The molecule has 2 aliphatic rings. The fourth-order valence-electron chi connectivity index (χ4n) is 4.58. The summed E-state index contributed by atoms with van der Waals surface area (Å²) in [6, 6.07) is 6.59. The molecular weight excluding hydrogens is 352 g/mol. The van der Waals surface area contributed by atoms with E-state index in [2.05, 4.69) is 36.9 Å². The van der Waals surface area contributed by atoms with E-state index in [0.29, 0.717) is 0 Å². The van der Waals surface area contributed by atoms with Crippen LogP contribution in [0.25, 0.3) is 0 Å². The second-order valence-electron chi connectivity index (χ2n) is 8.27. The van der Waals surface area contributed by atoms with Crippen molar-refractivity contribution in [2.75, 3.05) is 31.1 Å². The standard InChI is InChI=1S/C23H34N2O3/c1-3-18(4-2)22(26)25-12-5-6-20-16-17(7-8-21(20)25)9-13-24-14-10-19(11-15-24)23(27)28/h7-8,16,18-19H,3-6,9-15H2,1-2H3,(H,27,28). The fourth-order valence-corrected chi connectivity index (χ4v) is 4.58.